The Labute approximate surface area is 128 Å². The summed E-state index contributed by atoms with van der Waals surface area (Å²) in [5.41, 5.74) is 0. The van der Waals surface area contributed by atoms with E-state index >= 15 is 0 Å². The van der Waals surface area contributed by atoms with Crippen LogP contribution in [-0.2, 0) is 9.53 Å². The maximum Gasteiger partial charge on any atom is 0.228 e. The first-order valence-corrected chi connectivity index (χ1v) is 7.73. The second-order valence-corrected chi connectivity index (χ2v) is 5.95. The minimum atomic E-state index is 0.0769. The molecule has 22 heavy (non-hydrogen) atoms. The van der Waals surface area contributed by atoms with E-state index in [1.165, 1.54) is 0 Å². The molecule has 0 bridgehead atoms. The van der Waals surface area contributed by atoms with Crippen LogP contribution in [0.5, 0.6) is 5.75 Å². The molecule has 1 saturated heterocycles. The quantitative estimate of drug-likeness (QED) is 0.943. The van der Waals surface area contributed by atoms with Gasteiger partial charge in [0.05, 0.1) is 13.2 Å². The number of benzene rings is 1. The van der Waals surface area contributed by atoms with Crippen LogP contribution in [0.25, 0.3) is 10.8 Å². The molecule has 1 aliphatic heterocycles. The number of aromatic nitrogens is 1. The minimum Gasteiger partial charge on any atom is -0.488 e. The highest BCUT2D eigenvalue weighted by molar-refractivity contribution is 5.95. The molecule has 1 amide bonds. The predicted molar refractivity (Wildman–Crippen MR) is 82.9 cm³/mol. The molecule has 2 heterocycles. The molecule has 114 valence electrons. The van der Waals surface area contributed by atoms with Gasteiger partial charge in [0.15, 0.2) is 0 Å². The molecular weight excluding hydrogens is 280 g/mol. The van der Waals surface area contributed by atoms with Gasteiger partial charge in [0.1, 0.15) is 17.7 Å². The number of nitrogens with one attached hydrogen (secondary N) is 1. The summed E-state index contributed by atoms with van der Waals surface area (Å²) in [5, 5.41) is 4.91. The number of carbonyl (C=O) groups is 1. The van der Waals surface area contributed by atoms with Crippen molar-refractivity contribution in [3.05, 3.63) is 30.5 Å². The van der Waals surface area contributed by atoms with E-state index in [-0.39, 0.29) is 17.9 Å². The van der Waals surface area contributed by atoms with Crippen LogP contribution >= 0.6 is 0 Å². The number of anilines is 1. The molecule has 0 unspecified atom stereocenters. The molecule has 4 rings (SSSR count). The zero-order chi connectivity index (χ0) is 14.9. The molecule has 1 N–H and O–H groups in total. The zero-order valence-electron chi connectivity index (χ0n) is 12.2. The second kappa shape index (κ2) is 5.57. The number of ether oxygens (including phenoxy) is 2. The Morgan fingerprint density at radius 2 is 2.14 bits per heavy atom. The van der Waals surface area contributed by atoms with Crippen LogP contribution in [0.4, 0.5) is 5.82 Å². The van der Waals surface area contributed by atoms with Crippen molar-refractivity contribution in [1.82, 2.24) is 4.98 Å². The van der Waals surface area contributed by atoms with Crippen LogP contribution in [0, 0.1) is 5.92 Å². The number of hydrogen-bond acceptors (Lipinski definition) is 4. The number of carbonyl (C=O) groups excluding carboxylic acids is 1. The molecule has 0 spiro atoms. The molecule has 1 aromatic heterocycles. The van der Waals surface area contributed by atoms with E-state index in [0.29, 0.717) is 12.4 Å². The van der Waals surface area contributed by atoms with Crippen molar-refractivity contribution in [2.45, 2.75) is 25.4 Å². The molecule has 1 atom stereocenters. The fraction of sp³-hybridized carbons (Fsp3) is 0.412. The smallest absolute Gasteiger partial charge is 0.228 e. The Balaban J connectivity index is 1.51. The van der Waals surface area contributed by atoms with E-state index in [4.69, 9.17) is 9.47 Å². The largest absolute Gasteiger partial charge is 0.488 e. The van der Waals surface area contributed by atoms with Crippen LogP contribution in [0.1, 0.15) is 19.3 Å². The third-order valence-electron chi connectivity index (χ3n) is 4.08. The number of fused-ring (bicyclic) bond motifs is 1. The molecule has 2 fully saturated rings. The van der Waals surface area contributed by atoms with Crippen LogP contribution in [0.3, 0.4) is 0 Å². The Kier molecular flexibility index (Phi) is 3.42. The van der Waals surface area contributed by atoms with Gasteiger partial charge in [-0.25, -0.2) is 4.98 Å². The summed E-state index contributed by atoms with van der Waals surface area (Å²) in [6.45, 7) is 1.42. The molecule has 1 aromatic carbocycles. The molecule has 1 saturated carbocycles. The third kappa shape index (κ3) is 2.90. The van der Waals surface area contributed by atoms with E-state index in [1.54, 1.807) is 6.20 Å². The number of nitrogens with zero attached hydrogens (tertiary/aromatic N) is 1. The highest BCUT2D eigenvalue weighted by Crippen LogP contribution is 2.30. The topological polar surface area (TPSA) is 60.5 Å². The van der Waals surface area contributed by atoms with E-state index in [9.17, 15) is 4.79 Å². The number of rotatable bonds is 4. The second-order valence-electron chi connectivity index (χ2n) is 5.95. The van der Waals surface area contributed by atoms with Crippen molar-refractivity contribution < 1.29 is 14.3 Å². The van der Waals surface area contributed by atoms with Gasteiger partial charge in [-0.15, -0.1) is 0 Å². The molecule has 1 aliphatic carbocycles. The minimum absolute atomic E-state index is 0.0769. The van der Waals surface area contributed by atoms with E-state index in [1.807, 2.05) is 24.3 Å². The molecule has 5 nitrogen and oxygen atoms in total. The molecule has 0 radical (unpaired) electrons. The van der Waals surface area contributed by atoms with E-state index in [2.05, 4.69) is 10.3 Å². The summed E-state index contributed by atoms with van der Waals surface area (Å²) in [4.78, 5) is 16.1. The number of hydrogen-bond donors (Lipinski definition) is 1. The lowest BCUT2D eigenvalue weighted by Gasteiger charge is -2.12. The van der Waals surface area contributed by atoms with Gasteiger partial charge in [0, 0.05) is 23.9 Å². The summed E-state index contributed by atoms with van der Waals surface area (Å²) < 4.78 is 11.2. The SMILES string of the molecule is O=C(Nc1cc2ccc(O[C@H]3CCOC3)cc2cn1)C1CC1. The van der Waals surface area contributed by atoms with Crippen LogP contribution in [-0.4, -0.2) is 30.2 Å². The standard InChI is InChI=1S/C17H18N2O3/c20-17(11-1-2-11)19-16-8-12-3-4-14(7-13(12)9-18-16)22-15-5-6-21-10-15/h3-4,7-9,11,15H,1-2,5-6,10H2,(H,18,19,20)/t15-/m0/s1. The molecule has 5 heteroatoms. The lowest BCUT2D eigenvalue weighted by molar-refractivity contribution is -0.117. The first-order chi connectivity index (χ1) is 10.8. The van der Waals surface area contributed by atoms with Crippen LogP contribution in [0.2, 0.25) is 0 Å². The Morgan fingerprint density at radius 1 is 1.23 bits per heavy atom. The van der Waals surface area contributed by atoms with Gasteiger partial charge < -0.3 is 14.8 Å². The van der Waals surface area contributed by atoms with Gasteiger partial charge in [0.2, 0.25) is 5.91 Å². The third-order valence-corrected chi connectivity index (χ3v) is 4.08. The fourth-order valence-electron chi connectivity index (χ4n) is 2.63. The van der Waals surface area contributed by atoms with E-state index in [0.717, 1.165) is 42.4 Å². The van der Waals surface area contributed by atoms with Crippen molar-refractivity contribution in [3.8, 4) is 5.75 Å². The predicted octanol–water partition coefficient (Wildman–Crippen LogP) is 2.75. The maximum atomic E-state index is 11.8. The summed E-state index contributed by atoms with van der Waals surface area (Å²) in [6.07, 6.45) is 4.83. The average Bonchev–Trinajstić information content (AvgIpc) is 3.26. The number of amides is 1. The number of pyridine rings is 1. The van der Waals surface area contributed by atoms with Crippen molar-refractivity contribution >= 4 is 22.5 Å². The Hall–Kier alpha value is -2.14. The fourth-order valence-corrected chi connectivity index (χ4v) is 2.63. The monoisotopic (exact) mass is 298 g/mol. The first kappa shape index (κ1) is 13.5. The van der Waals surface area contributed by atoms with Crippen molar-refractivity contribution in [1.29, 1.82) is 0 Å². The summed E-state index contributed by atoms with van der Waals surface area (Å²) in [5.74, 6) is 1.71. The summed E-state index contributed by atoms with van der Waals surface area (Å²) in [6, 6.07) is 7.83. The highest BCUT2D eigenvalue weighted by atomic mass is 16.5. The maximum absolute atomic E-state index is 11.8. The van der Waals surface area contributed by atoms with Crippen LogP contribution in [0.15, 0.2) is 30.5 Å². The van der Waals surface area contributed by atoms with Gasteiger partial charge in [-0.3, -0.25) is 4.79 Å². The van der Waals surface area contributed by atoms with Crippen molar-refractivity contribution in [2.75, 3.05) is 18.5 Å². The normalized spacial score (nSPS) is 21.0. The van der Waals surface area contributed by atoms with Crippen LogP contribution < -0.4 is 10.1 Å². The van der Waals surface area contributed by atoms with Gasteiger partial charge in [-0.2, -0.15) is 0 Å². The average molecular weight is 298 g/mol. The molecular formula is C17H18N2O3. The highest BCUT2D eigenvalue weighted by Gasteiger charge is 2.29. The summed E-state index contributed by atoms with van der Waals surface area (Å²) in [7, 11) is 0. The first-order valence-electron chi connectivity index (χ1n) is 7.73. The van der Waals surface area contributed by atoms with Gasteiger partial charge >= 0.3 is 0 Å². The zero-order valence-corrected chi connectivity index (χ0v) is 12.2. The summed E-state index contributed by atoms with van der Waals surface area (Å²) >= 11 is 0. The lowest BCUT2D eigenvalue weighted by atomic mass is 10.1. The van der Waals surface area contributed by atoms with Gasteiger partial charge in [0.25, 0.3) is 0 Å². The molecule has 2 aromatic rings. The van der Waals surface area contributed by atoms with E-state index < -0.39 is 0 Å². The Bertz CT molecular complexity index is 706. The molecule has 2 aliphatic rings. The van der Waals surface area contributed by atoms with Crippen molar-refractivity contribution in [2.24, 2.45) is 5.92 Å². The lowest BCUT2D eigenvalue weighted by Crippen LogP contribution is -2.15. The Morgan fingerprint density at radius 3 is 2.91 bits per heavy atom. The van der Waals surface area contributed by atoms with Gasteiger partial charge in [-0.05, 0) is 36.4 Å². The van der Waals surface area contributed by atoms with Crippen molar-refractivity contribution in [3.63, 3.8) is 0 Å². The van der Waals surface area contributed by atoms with Gasteiger partial charge in [-0.1, -0.05) is 6.07 Å².